The monoisotopic (exact) mass is 424 g/mol. The molecule has 6 atom stereocenters. The van der Waals surface area contributed by atoms with E-state index in [9.17, 15) is 0 Å². The van der Waals surface area contributed by atoms with Crippen molar-refractivity contribution in [3.63, 3.8) is 0 Å². The van der Waals surface area contributed by atoms with Crippen LogP contribution in [0.1, 0.15) is 70.3 Å². The van der Waals surface area contributed by atoms with E-state index in [-0.39, 0.29) is 35.2 Å². The standard InChI is InChI=1S/C27H36O4/c1-18-26(3,24(30-18)20-8-12-22(28-5)13-9-20)16-7-17-27(4)19(2)31-25(27)21-10-14-23(29-6)15-11-21/h8-15,18-19,24-25H,7,16-17H2,1-6H3/t18-,19?,24?,25?,26-,27?/m1/s1. The summed E-state index contributed by atoms with van der Waals surface area (Å²) in [7, 11) is 3.40. The molecule has 0 saturated carbocycles. The van der Waals surface area contributed by atoms with Gasteiger partial charge in [0.1, 0.15) is 11.5 Å². The molecule has 2 aromatic carbocycles. The third-order valence-electron chi connectivity index (χ3n) is 8.00. The van der Waals surface area contributed by atoms with Crippen molar-refractivity contribution in [3.05, 3.63) is 59.7 Å². The first-order chi connectivity index (χ1) is 14.8. The number of hydrogen-bond acceptors (Lipinski definition) is 4. The summed E-state index contributed by atoms with van der Waals surface area (Å²) < 4.78 is 23.0. The second-order valence-corrected chi connectivity index (χ2v) is 9.73. The smallest absolute Gasteiger partial charge is 0.118 e. The predicted molar refractivity (Wildman–Crippen MR) is 123 cm³/mol. The predicted octanol–water partition coefficient (Wildman–Crippen LogP) is 6.51. The molecule has 2 aromatic rings. The Morgan fingerprint density at radius 3 is 1.32 bits per heavy atom. The molecule has 0 aromatic heterocycles. The minimum atomic E-state index is 0.147. The lowest BCUT2D eigenvalue weighted by Crippen LogP contribution is -2.52. The van der Waals surface area contributed by atoms with Gasteiger partial charge < -0.3 is 18.9 Å². The lowest BCUT2D eigenvalue weighted by atomic mass is 9.64. The van der Waals surface area contributed by atoms with Crippen LogP contribution >= 0.6 is 0 Å². The van der Waals surface area contributed by atoms with Crippen molar-refractivity contribution in [2.45, 2.75) is 71.4 Å². The molecule has 0 radical (unpaired) electrons. The number of ether oxygens (including phenoxy) is 4. The van der Waals surface area contributed by atoms with Crippen LogP contribution in [0.4, 0.5) is 0 Å². The van der Waals surface area contributed by atoms with E-state index in [1.165, 1.54) is 11.1 Å². The highest BCUT2D eigenvalue weighted by Gasteiger charge is 2.53. The SMILES string of the molecule is COc1ccc(C2OC(C)C2(C)CCC[C@@]2(C)C(c3ccc(OC)cc3)O[C@@H]2C)cc1. The highest BCUT2D eigenvalue weighted by Crippen LogP contribution is 2.58. The first-order valence-electron chi connectivity index (χ1n) is 11.4. The Kier molecular flexibility index (Phi) is 6.06. The molecule has 4 heteroatoms. The van der Waals surface area contributed by atoms with Crippen LogP contribution in [0.15, 0.2) is 48.5 Å². The second-order valence-electron chi connectivity index (χ2n) is 9.73. The Morgan fingerprint density at radius 2 is 1.03 bits per heavy atom. The molecule has 168 valence electrons. The molecule has 0 N–H and O–H groups in total. The second kappa shape index (κ2) is 8.48. The van der Waals surface area contributed by atoms with Crippen LogP contribution in [-0.4, -0.2) is 26.4 Å². The van der Waals surface area contributed by atoms with Crippen molar-refractivity contribution in [1.82, 2.24) is 0 Å². The van der Waals surface area contributed by atoms with E-state index in [2.05, 4.69) is 52.0 Å². The number of methoxy groups -OCH3 is 2. The van der Waals surface area contributed by atoms with E-state index in [4.69, 9.17) is 18.9 Å². The van der Waals surface area contributed by atoms with Gasteiger partial charge in [-0.1, -0.05) is 44.5 Å². The van der Waals surface area contributed by atoms with E-state index in [0.29, 0.717) is 0 Å². The molecule has 2 fully saturated rings. The Morgan fingerprint density at radius 1 is 0.677 bits per heavy atom. The highest BCUT2D eigenvalue weighted by atomic mass is 16.5. The van der Waals surface area contributed by atoms with Gasteiger partial charge in [-0.25, -0.2) is 0 Å². The van der Waals surface area contributed by atoms with Crippen LogP contribution in [0, 0.1) is 10.8 Å². The van der Waals surface area contributed by atoms with E-state index in [1.54, 1.807) is 14.2 Å². The summed E-state index contributed by atoms with van der Waals surface area (Å²) in [4.78, 5) is 0. The molecular formula is C27H36O4. The van der Waals surface area contributed by atoms with Gasteiger partial charge in [0.25, 0.3) is 0 Å². The quantitative estimate of drug-likeness (QED) is 0.484. The fourth-order valence-corrected chi connectivity index (χ4v) is 5.31. The summed E-state index contributed by atoms with van der Waals surface area (Å²) in [5.74, 6) is 1.77. The first kappa shape index (κ1) is 22.2. The average Bonchev–Trinajstić information content (AvgIpc) is 2.80. The summed E-state index contributed by atoms with van der Waals surface area (Å²) in [5, 5.41) is 0. The summed E-state index contributed by atoms with van der Waals surface area (Å²) in [6.45, 7) is 9.16. The summed E-state index contributed by atoms with van der Waals surface area (Å²) in [6.07, 6.45) is 4.26. The zero-order valence-electron chi connectivity index (χ0n) is 19.7. The summed E-state index contributed by atoms with van der Waals surface area (Å²) in [5.41, 5.74) is 2.77. The third-order valence-corrected chi connectivity index (χ3v) is 8.00. The maximum absolute atomic E-state index is 6.19. The molecule has 2 aliphatic heterocycles. The molecule has 2 heterocycles. The Labute approximate surface area is 186 Å². The summed E-state index contributed by atoms with van der Waals surface area (Å²) in [6, 6.07) is 16.6. The van der Waals surface area contributed by atoms with Gasteiger partial charge in [0.05, 0.1) is 38.6 Å². The number of hydrogen-bond donors (Lipinski definition) is 0. The molecule has 2 saturated heterocycles. The van der Waals surface area contributed by atoms with Gasteiger partial charge >= 0.3 is 0 Å². The average molecular weight is 425 g/mol. The van der Waals surface area contributed by atoms with Crippen LogP contribution in [0.2, 0.25) is 0 Å². The molecule has 2 aliphatic rings. The fourth-order valence-electron chi connectivity index (χ4n) is 5.31. The molecule has 4 unspecified atom stereocenters. The molecule has 4 nitrogen and oxygen atoms in total. The van der Waals surface area contributed by atoms with Gasteiger partial charge in [-0.05, 0) is 62.1 Å². The van der Waals surface area contributed by atoms with Crippen LogP contribution < -0.4 is 9.47 Å². The number of benzene rings is 2. The van der Waals surface area contributed by atoms with Gasteiger partial charge in [0.15, 0.2) is 0 Å². The van der Waals surface area contributed by atoms with Gasteiger partial charge in [-0.3, -0.25) is 0 Å². The minimum Gasteiger partial charge on any atom is -0.497 e. The largest absolute Gasteiger partial charge is 0.497 e. The molecular weight excluding hydrogens is 388 g/mol. The topological polar surface area (TPSA) is 36.9 Å². The lowest BCUT2D eigenvalue weighted by Gasteiger charge is -2.55. The van der Waals surface area contributed by atoms with Crippen molar-refractivity contribution in [3.8, 4) is 11.5 Å². The fraction of sp³-hybridized carbons (Fsp3) is 0.556. The number of rotatable bonds is 8. The van der Waals surface area contributed by atoms with E-state index >= 15 is 0 Å². The van der Waals surface area contributed by atoms with Crippen molar-refractivity contribution in [2.75, 3.05) is 14.2 Å². The summed E-state index contributed by atoms with van der Waals surface area (Å²) >= 11 is 0. The molecule has 0 bridgehead atoms. The molecule has 0 aliphatic carbocycles. The van der Waals surface area contributed by atoms with Gasteiger partial charge in [0.2, 0.25) is 0 Å². The van der Waals surface area contributed by atoms with E-state index in [0.717, 1.165) is 30.8 Å². The normalized spacial score (nSPS) is 34.5. The first-order valence-corrected chi connectivity index (χ1v) is 11.4. The van der Waals surface area contributed by atoms with E-state index in [1.807, 2.05) is 24.3 Å². The Bertz CT molecular complexity index is 804. The van der Waals surface area contributed by atoms with Gasteiger partial charge in [-0.15, -0.1) is 0 Å². The lowest BCUT2D eigenvalue weighted by molar-refractivity contribution is -0.254. The van der Waals surface area contributed by atoms with Gasteiger partial charge in [-0.2, -0.15) is 0 Å². The molecule has 0 amide bonds. The minimum absolute atomic E-state index is 0.147. The maximum atomic E-state index is 6.19. The zero-order valence-corrected chi connectivity index (χ0v) is 19.7. The van der Waals surface area contributed by atoms with E-state index < -0.39 is 0 Å². The Hall–Kier alpha value is -2.04. The van der Waals surface area contributed by atoms with Crippen LogP contribution in [0.5, 0.6) is 11.5 Å². The van der Waals surface area contributed by atoms with Crippen LogP contribution in [0.3, 0.4) is 0 Å². The Balaban J connectivity index is 1.40. The van der Waals surface area contributed by atoms with Crippen molar-refractivity contribution in [1.29, 1.82) is 0 Å². The van der Waals surface area contributed by atoms with Crippen LogP contribution in [0.25, 0.3) is 0 Å². The van der Waals surface area contributed by atoms with Gasteiger partial charge in [0, 0.05) is 10.8 Å². The molecule has 4 rings (SSSR count). The van der Waals surface area contributed by atoms with Crippen LogP contribution in [-0.2, 0) is 9.47 Å². The molecule has 31 heavy (non-hydrogen) atoms. The van der Waals surface area contributed by atoms with Crippen molar-refractivity contribution in [2.24, 2.45) is 10.8 Å². The zero-order chi connectivity index (χ0) is 22.2. The van der Waals surface area contributed by atoms with Crippen molar-refractivity contribution >= 4 is 0 Å². The highest BCUT2D eigenvalue weighted by molar-refractivity contribution is 5.32. The van der Waals surface area contributed by atoms with Crippen molar-refractivity contribution < 1.29 is 18.9 Å². The molecule has 0 spiro atoms. The third kappa shape index (κ3) is 3.85. The maximum Gasteiger partial charge on any atom is 0.118 e.